The summed E-state index contributed by atoms with van der Waals surface area (Å²) in [7, 11) is 0. The third-order valence-corrected chi connectivity index (χ3v) is 2.74. The lowest BCUT2D eigenvalue weighted by molar-refractivity contribution is 0.0237. The third-order valence-electron chi connectivity index (χ3n) is 2.74. The van der Waals surface area contributed by atoms with Gasteiger partial charge in [-0.05, 0) is 25.3 Å². The van der Waals surface area contributed by atoms with Crippen molar-refractivity contribution in [2.45, 2.75) is 47.3 Å². The first kappa shape index (κ1) is 15.2. The van der Waals surface area contributed by atoms with Gasteiger partial charge in [-0.1, -0.05) is 27.7 Å². The van der Waals surface area contributed by atoms with Crippen LogP contribution in [0.2, 0.25) is 0 Å². The minimum absolute atomic E-state index is 0.0637. The second-order valence-electron chi connectivity index (χ2n) is 5.44. The van der Waals surface area contributed by atoms with E-state index in [2.05, 4.69) is 43.0 Å². The predicted molar refractivity (Wildman–Crippen MR) is 74.3 cm³/mol. The summed E-state index contributed by atoms with van der Waals surface area (Å²) in [5.41, 5.74) is 1.12. The average molecular weight is 253 g/mol. The number of H-pyrrole nitrogens is 1. The molecule has 0 fully saturated rings. The fourth-order valence-electron chi connectivity index (χ4n) is 1.87. The van der Waals surface area contributed by atoms with Crippen LogP contribution in [-0.2, 0) is 11.3 Å². The van der Waals surface area contributed by atoms with E-state index in [0.717, 1.165) is 24.6 Å². The Morgan fingerprint density at radius 2 is 2.06 bits per heavy atom. The quantitative estimate of drug-likeness (QED) is 0.749. The molecule has 0 radical (unpaired) electrons. The molecule has 0 saturated heterocycles. The highest BCUT2D eigenvalue weighted by Gasteiger charge is 2.18. The van der Waals surface area contributed by atoms with Gasteiger partial charge < -0.3 is 15.0 Å². The Bertz CT molecular complexity index is 334. The summed E-state index contributed by atoms with van der Waals surface area (Å²) >= 11 is 0. The summed E-state index contributed by atoms with van der Waals surface area (Å²) in [6.45, 7) is 13.3. The average Bonchev–Trinajstić information content (AvgIpc) is 2.73. The van der Waals surface area contributed by atoms with Crippen molar-refractivity contribution in [3.05, 3.63) is 17.7 Å². The fraction of sp³-hybridized carbons (Fsp3) is 0.786. The molecule has 0 amide bonds. The van der Waals surface area contributed by atoms with Gasteiger partial charge in [0.05, 0.1) is 0 Å². The van der Waals surface area contributed by atoms with Gasteiger partial charge in [-0.3, -0.25) is 0 Å². The topological polar surface area (TPSA) is 49.9 Å². The van der Waals surface area contributed by atoms with Gasteiger partial charge in [0.1, 0.15) is 11.9 Å². The maximum Gasteiger partial charge on any atom is 0.135 e. The Morgan fingerprint density at radius 3 is 2.61 bits per heavy atom. The summed E-state index contributed by atoms with van der Waals surface area (Å²) in [6.07, 6.45) is 1.96. The summed E-state index contributed by atoms with van der Waals surface area (Å²) in [5.74, 6) is 2.03. The Balaban J connectivity index is 2.55. The van der Waals surface area contributed by atoms with Crippen LogP contribution in [0.15, 0.2) is 6.20 Å². The third kappa shape index (κ3) is 4.78. The first-order chi connectivity index (χ1) is 8.54. The van der Waals surface area contributed by atoms with E-state index in [0.29, 0.717) is 18.4 Å². The second kappa shape index (κ2) is 7.54. The van der Waals surface area contributed by atoms with Crippen LogP contribution in [0.1, 0.15) is 52.2 Å². The molecule has 104 valence electrons. The smallest absolute Gasteiger partial charge is 0.135 e. The molecule has 18 heavy (non-hydrogen) atoms. The maximum atomic E-state index is 5.73. The molecule has 1 heterocycles. The number of ether oxygens (including phenoxy) is 1. The van der Waals surface area contributed by atoms with Crippen LogP contribution in [0.25, 0.3) is 0 Å². The molecule has 2 N–H and O–H groups in total. The Hall–Kier alpha value is -0.870. The van der Waals surface area contributed by atoms with Crippen LogP contribution in [0.3, 0.4) is 0 Å². The maximum absolute atomic E-state index is 5.73. The number of imidazole rings is 1. The standard InChI is InChI=1S/C14H27N3O/c1-6-18-13(11(4)5)14-16-9-12(17-14)8-15-7-10(2)3/h9-11,13,15H,6-8H2,1-5H3,(H,16,17). The van der Waals surface area contributed by atoms with E-state index >= 15 is 0 Å². The molecule has 1 aromatic rings. The largest absolute Gasteiger partial charge is 0.370 e. The zero-order chi connectivity index (χ0) is 13.5. The van der Waals surface area contributed by atoms with Crippen LogP contribution in [0.5, 0.6) is 0 Å². The van der Waals surface area contributed by atoms with Crippen molar-refractivity contribution in [1.82, 2.24) is 15.3 Å². The van der Waals surface area contributed by atoms with Crippen LogP contribution in [0, 0.1) is 11.8 Å². The Labute approximate surface area is 111 Å². The molecule has 4 nitrogen and oxygen atoms in total. The normalized spacial score (nSPS) is 13.5. The molecule has 0 bridgehead atoms. The fourth-order valence-corrected chi connectivity index (χ4v) is 1.87. The van der Waals surface area contributed by atoms with Crippen LogP contribution in [0.4, 0.5) is 0 Å². The van der Waals surface area contributed by atoms with E-state index in [1.165, 1.54) is 0 Å². The van der Waals surface area contributed by atoms with Crippen molar-refractivity contribution in [3.8, 4) is 0 Å². The minimum atomic E-state index is 0.0637. The molecule has 0 spiro atoms. The van der Waals surface area contributed by atoms with Gasteiger partial charge in [0.15, 0.2) is 0 Å². The lowest BCUT2D eigenvalue weighted by Crippen LogP contribution is -2.19. The van der Waals surface area contributed by atoms with Crippen molar-refractivity contribution in [3.63, 3.8) is 0 Å². The zero-order valence-corrected chi connectivity index (χ0v) is 12.3. The first-order valence-corrected chi connectivity index (χ1v) is 6.90. The van der Waals surface area contributed by atoms with Gasteiger partial charge in [0.2, 0.25) is 0 Å². The van der Waals surface area contributed by atoms with Gasteiger partial charge >= 0.3 is 0 Å². The van der Waals surface area contributed by atoms with Crippen molar-refractivity contribution in [2.24, 2.45) is 11.8 Å². The molecule has 0 saturated carbocycles. The number of aromatic amines is 1. The zero-order valence-electron chi connectivity index (χ0n) is 12.3. The van der Waals surface area contributed by atoms with Crippen molar-refractivity contribution < 1.29 is 4.74 Å². The number of hydrogen-bond donors (Lipinski definition) is 2. The summed E-state index contributed by atoms with van der Waals surface area (Å²) in [4.78, 5) is 7.79. The van der Waals surface area contributed by atoms with E-state index in [4.69, 9.17) is 4.74 Å². The predicted octanol–water partition coefficient (Wildman–Crippen LogP) is 2.89. The number of nitrogens with one attached hydrogen (secondary N) is 2. The molecule has 1 atom stereocenters. The summed E-state index contributed by atoms with van der Waals surface area (Å²) < 4.78 is 5.73. The molecule has 1 rings (SSSR count). The molecule has 4 heteroatoms. The van der Waals surface area contributed by atoms with E-state index in [-0.39, 0.29) is 6.10 Å². The monoisotopic (exact) mass is 253 g/mol. The minimum Gasteiger partial charge on any atom is -0.370 e. The number of rotatable bonds is 8. The number of aromatic nitrogens is 2. The Kier molecular flexibility index (Phi) is 6.36. The molecule has 0 aliphatic heterocycles. The number of hydrogen-bond acceptors (Lipinski definition) is 3. The van der Waals surface area contributed by atoms with Gasteiger partial charge in [-0.15, -0.1) is 0 Å². The first-order valence-electron chi connectivity index (χ1n) is 6.90. The Morgan fingerprint density at radius 1 is 1.33 bits per heavy atom. The number of nitrogens with zero attached hydrogens (tertiary/aromatic N) is 1. The van der Waals surface area contributed by atoms with Crippen molar-refractivity contribution in [2.75, 3.05) is 13.2 Å². The van der Waals surface area contributed by atoms with E-state index < -0.39 is 0 Å². The molecular formula is C14H27N3O. The van der Waals surface area contributed by atoms with Gasteiger partial charge in [-0.2, -0.15) is 0 Å². The summed E-state index contributed by atoms with van der Waals surface area (Å²) in [5, 5.41) is 3.40. The van der Waals surface area contributed by atoms with Crippen molar-refractivity contribution in [1.29, 1.82) is 0 Å². The lowest BCUT2D eigenvalue weighted by Gasteiger charge is -2.18. The van der Waals surface area contributed by atoms with E-state index in [1.807, 2.05) is 13.1 Å². The summed E-state index contributed by atoms with van der Waals surface area (Å²) in [6, 6.07) is 0. The second-order valence-corrected chi connectivity index (χ2v) is 5.44. The van der Waals surface area contributed by atoms with Gasteiger partial charge in [0.25, 0.3) is 0 Å². The van der Waals surface area contributed by atoms with Crippen LogP contribution < -0.4 is 5.32 Å². The lowest BCUT2D eigenvalue weighted by atomic mass is 10.1. The van der Waals surface area contributed by atoms with Crippen molar-refractivity contribution >= 4 is 0 Å². The molecule has 0 aliphatic carbocycles. The van der Waals surface area contributed by atoms with E-state index in [9.17, 15) is 0 Å². The van der Waals surface area contributed by atoms with Gasteiger partial charge in [-0.25, -0.2) is 4.98 Å². The molecular weight excluding hydrogens is 226 g/mol. The highest BCUT2D eigenvalue weighted by molar-refractivity contribution is 5.04. The van der Waals surface area contributed by atoms with Crippen LogP contribution in [-0.4, -0.2) is 23.1 Å². The highest BCUT2D eigenvalue weighted by atomic mass is 16.5. The van der Waals surface area contributed by atoms with Crippen LogP contribution >= 0.6 is 0 Å². The molecule has 1 aromatic heterocycles. The highest BCUT2D eigenvalue weighted by Crippen LogP contribution is 2.23. The molecule has 0 aliphatic rings. The van der Waals surface area contributed by atoms with Gasteiger partial charge in [0, 0.05) is 25.0 Å². The molecule has 0 aromatic carbocycles. The SMILES string of the molecule is CCOC(c1ncc(CNCC(C)C)[nH]1)C(C)C. The molecule has 1 unspecified atom stereocenters. The van der Waals surface area contributed by atoms with E-state index in [1.54, 1.807) is 0 Å².